The van der Waals surface area contributed by atoms with Crippen LogP contribution in [0.1, 0.15) is 26.7 Å². The van der Waals surface area contributed by atoms with Crippen molar-refractivity contribution >= 4 is 17.8 Å². The Kier molecular flexibility index (Phi) is 3.69. The van der Waals surface area contributed by atoms with Gasteiger partial charge in [0.15, 0.2) is 0 Å². The van der Waals surface area contributed by atoms with Crippen LogP contribution in [0.5, 0.6) is 0 Å². The van der Waals surface area contributed by atoms with Crippen LogP contribution in [0.4, 0.5) is 4.79 Å². The first-order chi connectivity index (χ1) is 9.10. The third kappa shape index (κ3) is 2.35. The number of amides is 2. The van der Waals surface area contributed by atoms with Gasteiger partial charge >= 0.3 is 6.03 Å². The topological polar surface area (TPSA) is 41.6 Å². The number of urea groups is 1. The molecule has 2 amide bonds. The fraction of sp³-hybridized carbons (Fsp3) is 0.929. The number of hydrogen-bond acceptors (Lipinski definition) is 3. The van der Waals surface area contributed by atoms with Crippen molar-refractivity contribution in [3.05, 3.63) is 0 Å². The highest BCUT2D eigenvalue weighted by molar-refractivity contribution is 7.99. The van der Waals surface area contributed by atoms with Crippen molar-refractivity contribution < 1.29 is 9.53 Å². The van der Waals surface area contributed by atoms with Gasteiger partial charge in [0.05, 0.1) is 6.10 Å². The lowest BCUT2D eigenvalue weighted by Crippen LogP contribution is -2.71. The summed E-state index contributed by atoms with van der Waals surface area (Å²) in [6, 6.07) is 0.405. The molecule has 0 spiro atoms. The Morgan fingerprint density at radius 3 is 2.84 bits per heavy atom. The fourth-order valence-corrected chi connectivity index (χ4v) is 4.71. The molecule has 1 saturated carbocycles. The van der Waals surface area contributed by atoms with Gasteiger partial charge in [-0.05, 0) is 12.8 Å². The third-order valence-electron chi connectivity index (χ3n) is 4.91. The average molecular weight is 284 g/mol. The number of nitrogens with zero attached hydrogens (tertiary/aromatic N) is 1. The van der Waals surface area contributed by atoms with E-state index in [9.17, 15) is 4.79 Å². The Morgan fingerprint density at radius 2 is 2.11 bits per heavy atom. The zero-order valence-corrected chi connectivity index (χ0v) is 12.7. The molecule has 2 heterocycles. The smallest absolute Gasteiger partial charge is 0.317 e. The number of fused-ring (bicyclic) bond motifs is 1. The minimum atomic E-state index is 0.0747. The molecule has 3 aliphatic rings. The third-order valence-corrected chi connectivity index (χ3v) is 5.85. The molecule has 4 nitrogen and oxygen atoms in total. The molecule has 108 valence electrons. The molecular formula is C14H24N2O2S. The summed E-state index contributed by atoms with van der Waals surface area (Å²) >= 11 is 1.93. The summed E-state index contributed by atoms with van der Waals surface area (Å²) in [4.78, 5) is 14.3. The maximum Gasteiger partial charge on any atom is 0.317 e. The maximum atomic E-state index is 12.3. The molecular weight excluding hydrogens is 260 g/mol. The Labute approximate surface area is 119 Å². The summed E-state index contributed by atoms with van der Waals surface area (Å²) in [7, 11) is 0. The molecule has 1 N–H and O–H groups in total. The number of nitrogens with one attached hydrogen (secondary N) is 1. The van der Waals surface area contributed by atoms with Crippen LogP contribution in [0.15, 0.2) is 0 Å². The Balaban J connectivity index is 1.61. The Hall–Kier alpha value is -0.420. The molecule has 0 unspecified atom stereocenters. The van der Waals surface area contributed by atoms with E-state index in [4.69, 9.17) is 4.74 Å². The van der Waals surface area contributed by atoms with E-state index in [0.29, 0.717) is 12.0 Å². The highest BCUT2D eigenvalue weighted by Gasteiger charge is 2.58. The highest BCUT2D eigenvalue weighted by Crippen LogP contribution is 2.51. The summed E-state index contributed by atoms with van der Waals surface area (Å²) < 4.78 is 5.88. The highest BCUT2D eigenvalue weighted by atomic mass is 32.2. The van der Waals surface area contributed by atoms with Crippen molar-refractivity contribution in [1.82, 2.24) is 10.2 Å². The summed E-state index contributed by atoms with van der Waals surface area (Å²) in [5.74, 6) is 2.65. The van der Waals surface area contributed by atoms with Gasteiger partial charge in [-0.3, -0.25) is 0 Å². The molecule has 3 rings (SSSR count). The Bertz CT molecular complexity index is 355. The molecule has 0 radical (unpaired) electrons. The van der Waals surface area contributed by atoms with Gasteiger partial charge in [-0.1, -0.05) is 13.8 Å². The van der Waals surface area contributed by atoms with Crippen LogP contribution in [0.25, 0.3) is 0 Å². The van der Waals surface area contributed by atoms with Crippen LogP contribution < -0.4 is 5.32 Å². The van der Waals surface area contributed by atoms with E-state index in [-0.39, 0.29) is 17.5 Å². The zero-order chi connectivity index (χ0) is 13.5. The molecule has 3 fully saturated rings. The first-order valence-corrected chi connectivity index (χ1v) is 8.51. The van der Waals surface area contributed by atoms with E-state index < -0.39 is 0 Å². The molecule has 5 heteroatoms. The second kappa shape index (κ2) is 5.17. The average Bonchev–Trinajstić information content (AvgIpc) is 2.45. The standard InChI is InChI=1S/C14H24N2O2S/c1-14(2)11(10-4-3-7-18-12(10)14)15-13(17)16-5-8-19-9-6-16/h10-12H,3-9H2,1-2H3,(H,15,17)/t10-,11+,12+/m0/s1. The van der Waals surface area contributed by atoms with Crippen LogP contribution in [-0.4, -0.2) is 54.3 Å². The predicted octanol–water partition coefficient (Wildman–Crippen LogP) is 1.95. The van der Waals surface area contributed by atoms with E-state index in [1.165, 1.54) is 6.42 Å². The first-order valence-electron chi connectivity index (χ1n) is 7.35. The van der Waals surface area contributed by atoms with Crippen molar-refractivity contribution in [2.24, 2.45) is 11.3 Å². The molecule has 0 aromatic carbocycles. The van der Waals surface area contributed by atoms with Gasteiger partial charge in [-0.2, -0.15) is 11.8 Å². The van der Waals surface area contributed by atoms with Crippen molar-refractivity contribution in [3.8, 4) is 0 Å². The van der Waals surface area contributed by atoms with Gasteiger partial charge in [-0.25, -0.2) is 4.79 Å². The van der Waals surface area contributed by atoms with Crippen LogP contribution in [-0.2, 0) is 4.74 Å². The molecule has 19 heavy (non-hydrogen) atoms. The quantitative estimate of drug-likeness (QED) is 0.800. The number of hydrogen-bond donors (Lipinski definition) is 1. The summed E-state index contributed by atoms with van der Waals surface area (Å²) in [5.41, 5.74) is 0.0747. The number of carbonyl (C=O) groups excluding carboxylic acids is 1. The van der Waals surface area contributed by atoms with Gasteiger partial charge in [0.2, 0.25) is 0 Å². The monoisotopic (exact) mass is 284 g/mol. The van der Waals surface area contributed by atoms with E-state index >= 15 is 0 Å². The van der Waals surface area contributed by atoms with Crippen LogP contribution >= 0.6 is 11.8 Å². The molecule has 1 aliphatic carbocycles. The molecule has 0 aromatic heterocycles. The van der Waals surface area contributed by atoms with E-state index in [1.807, 2.05) is 16.7 Å². The molecule has 2 aliphatic heterocycles. The zero-order valence-electron chi connectivity index (χ0n) is 11.9. The summed E-state index contributed by atoms with van der Waals surface area (Å²) in [6.07, 6.45) is 2.65. The fourth-order valence-electron chi connectivity index (χ4n) is 3.81. The summed E-state index contributed by atoms with van der Waals surface area (Å²) in [6.45, 7) is 7.09. The lowest BCUT2D eigenvalue weighted by molar-refractivity contribution is -0.189. The van der Waals surface area contributed by atoms with Crippen LogP contribution in [0, 0.1) is 11.3 Å². The van der Waals surface area contributed by atoms with Gasteiger partial charge in [0.1, 0.15) is 0 Å². The predicted molar refractivity (Wildman–Crippen MR) is 77.5 cm³/mol. The molecule has 3 atom stereocenters. The number of ether oxygens (including phenoxy) is 1. The van der Waals surface area contributed by atoms with Gasteiger partial charge in [0, 0.05) is 48.6 Å². The number of carbonyl (C=O) groups is 1. The second-order valence-corrected chi connectivity index (χ2v) is 7.67. The SMILES string of the molecule is CC1(C)[C@H](NC(=O)N2CCSCC2)[C@@H]2CCCO[C@H]21. The normalized spacial score (nSPS) is 37.2. The number of rotatable bonds is 1. The van der Waals surface area contributed by atoms with Crippen molar-refractivity contribution in [1.29, 1.82) is 0 Å². The van der Waals surface area contributed by atoms with E-state index in [1.54, 1.807) is 0 Å². The number of thioether (sulfide) groups is 1. The molecule has 0 bridgehead atoms. The van der Waals surface area contributed by atoms with Gasteiger partial charge < -0.3 is 15.0 Å². The molecule has 2 saturated heterocycles. The summed E-state index contributed by atoms with van der Waals surface area (Å²) in [5, 5.41) is 3.27. The van der Waals surface area contributed by atoms with Crippen molar-refractivity contribution in [3.63, 3.8) is 0 Å². The second-order valence-electron chi connectivity index (χ2n) is 6.45. The lowest BCUT2D eigenvalue weighted by Gasteiger charge is -2.60. The van der Waals surface area contributed by atoms with E-state index in [2.05, 4.69) is 19.2 Å². The van der Waals surface area contributed by atoms with Crippen molar-refractivity contribution in [2.75, 3.05) is 31.2 Å². The van der Waals surface area contributed by atoms with Crippen molar-refractivity contribution in [2.45, 2.75) is 38.8 Å². The van der Waals surface area contributed by atoms with E-state index in [0.717, 1.165) is 37.6 Å². The lowest BCUT2D eigenvalue weighted by atomic mass is 9.55. The minimum absolute atomic E-state index is 0.0747. The maximum absolute atomic E-state index is 12.3. The van der Waals surface area contributed by atoms with Gasteiger partial charge in [0.25, 0.3) is 0 Å². The minimum Gasteiger partial charge on any atom is -0.377 e. The Morgan fingerprint density at radius 1 is 1.37 bits per heavy atom. The van der Waals surface area contributed by atoms with Crippen LogP contribution in [0.2, 0.25) is 0 Å². The van der Waals surface area contributed by atoms with Gasteiger partial charge in [-0.15, -0.1) is 0 Å². The first kappa shape index (κ1) is 13.6. The largest absolute Gasteiger partial charge is 0.377 e. The van der Waals surface area contributed by atoms with Crippen LogP contribution in [0.3, 0.4) is 0 Å². The molecule has 0 aromatic rings.